The normalized spacial score (nSPS) is 31.5. The number of carbonyl (C=O) groups is 1. The Hall–Kier alpha value is -6.36. The molecule has 3 aromatic carbocycles. The van der Waals surface area contributed by atoms with Crippen molar-refractivity contribution in [2.45, 2.75) is 139 Å². The Bertz CT molecular complexity index is 3280. The number of fused-ring (bicyclic) bond motifs is 10. The van der Waals surface area contributed by atoms with E-state index in [1.54, 1.807) is 12.1 Å². The molecule has 400 valence electrons. The number of aliphatic hydroxyl groups excluding tert-OH is 3. The maximum absolute atomic E-state index is 15.7. The number of rotatable bonds is 8. The van der Waals surface area contributed by atoms with Gasteiger partial charge in [-0.1, -0.05) is 48.9 Å². The van der Waals surface area contributed by atoms with Crippen LogP contribution >= 0.6 is 0 Å². The lowest BCUT2D eigenvalue weighted by molar-refractivity contribution is -0.172. The van der Waals surface area contributed by atoms with Crippen LogP contribution in [0.25, 0.3) is 11.0 Å². The number of ether oxygens (including phenoxy) is 2. The number of aliphatic hydroxyl groups is 4. The van der Waals surface area contributed by atoms with E-state index >= 15 is 4.79 Å². The van der Waals surface area contributed by atoms with Gasteiger partial charge in [0.2, 0.25) is 0 Å². The molecule has 5 heterocycles. The van der Waals surface area contributed by atoms with Crippen molar-refractivity contribution >= 4 is 16.9 Å². The molecule has 15 nitrogen and oxygen atoms in total. The maximum atomic E-state index is 15.7. The number of phenols is 2. The first-order valence-electron chi connectivity index (χ1n) is 27.4. The summed E-state index contributed by atoms with van der Waals surface area (Å²) in [4.78, 5) is 30.3. The van der Waals surface area contributed by atoms with Crippen LogP contribution in [-0.2, 0) is 35.6 Å². The molecule has 0 saturated heterocycles. The third kappa shape index (κ3) is 8.01. The van der Waals surface area contributed by atoms with E-state index in [0.29, 0.717) is 74.9 Å². The van der Waals surface area contributed by atoms with Crippen molar-refractivity contribution in [2.24, 2.45) is 29.4 Å². The average Bonchev–Trinajstić information content (AvgIpc) is 3.74. The van der Waals surface area contributed by atoms with Crippen molar-refractivity contribution in [2.75, 3.05) is 19.7 Å². The molecule has 0 amide bonds. The Morgan fingerprint density at radius 1 is 1.00 bits per heavy atom. The summed E-state index contributed by atoms with van der Waals surface area (Å²) in [7, 11) is 0. The summed E-state index contributed by atoms with van der Waals surface area (Å²) in [5.41, 5.74) is 12.7. The second-order valence-corrected chi connectivity index (χ2v) is 23.0. The van der Waals surface area contributed by atoms with Crippen LogP contribution in [0, 0.1) is 23.7 Å². The Balaban J connectivity index is 1.10. The van der Waals surface area contributed by atoms with Crippen LogP contribution in [0.4, 0.5) is 0 Å². The van der Waals surface area contributed by atoms with Crippen molar-refractivity contribution < 1.29 is 49.3 Å². The summed E-state index contributed by atoms with van der Waals surface area (Å²) >= 11 is 0. The zero-order valence-electron chi connectivity index (χ0n) is 43.5. The second kappa shape index (κ2) is 19.3. The minimum atomic E-state index is -1.51. The minimum Gasteiger partial charge on any atom is -0.508 e. The Kier molecular flexibility index (Phi) is 12.8. The Labute approximate surface area is 441 Å². The van der Waals surface area contributed by atoms with Crippen LogP contribution in [0.1, 0.15) is 129 Å². The van der Waals surface area contributed by atoms with E-state index in [1.165, 1.54) is 5.57 Å². The third-order valence-corrected chi connectivity index (χ3v) is 19.1. The monoisotopic (exact) mass is 1030 g/mol. The molecule has 12 rings (SSSR count). The molecule has 4 aromatic rings. The number of aromatic hydroxyl groups is 2. The van der Waals surface area contributed by atoms with Crippen LogP contribution in [0.15, 0.2) is 115 Å². The molecular weight excluding hydrogens is 965 g/mol. The van der Waals surface area contributed by atoms with Gasteiger partial charge in [0.25, 0.3) is 0 Å². The van der Waals surface area contributed by atoms with Crippen molar-refractivity contribution in [3.05, 3.63) is 156 Å². The number of hydrogen-bond acceptors (Lipinski definition) is 15. The van der Waals surface area contributed by atoms with E-state index in [1.807, 2.05) is 44.2 Å². The zero-order chi connectivity index (χ0) is 52.9. The van der Waals surface area contributed by atoms with Crippen LogP contribution in [0.2, 0.25) is 0 Å². The van der Waals surface area contributed by atoms with Gasteiger partial charge in [0.15, 0.2) is 5.43 Å². The van der Waals surface area contributed by atoms with Gasteiger partial charge in [0.1, 0.15) is 63.7 Å². The summed E-state index contributed by atoms with van der Waals surface area (Å²) < 4.78 is 21.5. The number of dihydropyridines is 2. The van der Waals surface area contributed by atoms with Crippen LogP contribution < -0.4 is 31.8 Å². The number of hydrogen-bond donors (Lipinski definition) is 10. The lowest BCUT2D eigenvalue weighted by atomic mass is 9.61. The van der Waals surface area contributed by atoms with E-state index in [9.17, 15) is 35.4 Å². The third-order valence-electron chi connectivity index (χ3n) is 19.1. The highest BCUT2D eigenvalue weighted by atomic mass is 16.6. The lowest BCUT2D eigenvalue weighted by Gasteiger charge is -2.52. The summed E-state index contributed by atoms with van der Waals surface area (Å²) in [5, 5.41) is 80.1. The molecule has 11 unspecified atom stereocenters. The molecule has 11 N–H and O–H groups in total. The smallest absolute Gasteiger partial charge is 0.337 e. The summed E-state index contributed by atoms with van der Waals surface area (Å²) in [6, 6.07) is 14.2. The van der Waals surface area contributed by atoms with Gasteiger partial charge < -0.3 is 60.9 Å². The first kappa shape index (κ1) is 50.5. The van der Waals surface area contributed by atoms with Crippen molar-refractivity contribution in [3.8, 4) is 17.2 Å². The van der Waals surface area contributed by atoms with E-state index in [-0.39, 0.29) is 82.2 Å². The fourth-order valence-electron chi connectivity index (χ4n) is 15.5. The fraction of sp³-hybridized carbons (Fsp3) is 0.475. The topological polar surface area (TPSA) is 249 Å². The number of allylic oxidation sites excluding steroid dienone is 5. The molecule has 8 aliphatic rings. The molecule has 15 heteroatoms. The number of esters is 1. The number of nitrogens with two attached hydrogens (primary N) is 1. The molecule has 76 heavy (non-hydrogen) atoms. The Morgan fingerprint density at radius 3 is 2.63 bits per heavy atom. The van der Waals surface area contributed by atoms with Gasteiger partial charge in [-0.15, -0.1) is 0 Å². The maximum Gasteiger partial charge on any atom is 0.337 e. The molecule has 0 spiro atoms. The average molecular weight is 1040 g/mol. The SMILES string of the molecule is CCNC1C=C2CCC3C4CCc5ccc(O)cc5C(CO)C(C5=CCNC(N)=C54)c4c5c(c(O)c6c(=O)cc(CO)oc46)CC(OC(=O)C4=C(C)CCC6CC(c7cccc(CO)c7)CC46O)C(C)(O5)C3CC2=CN1. The molecule has 4 aliphatic heterocycles. The molecule has 4 aliphatic carbocycles. The second-order valence-electron chi connectivity index (χ2n) is 23.0. The first-order valence-corrected chi connectivity index (χ1v) is 27.4. The van der Waals surface area contributed by atoms with E-state index < -0.39 is 65.4 Å². The summed E-state index contributed by atoms with van der Waals surface area (Å²) in [6.07, 6.45) is 10.5. The molecule has 11 atom stereocenters. The predicted molar refractivity (Wildman–Crippen MR) is 285 cm³/mol. The molecule has 2 saturated carbocycles. The standard InChI is InChI=1S/C61H70N4O11/c1-4-63-49-21-34-11-14-40-41-15-10-32-9-13-38(69)22-43(32)45(29-68)50(42-16-17-64-58(62)51(41)42)53-56-44(55(71)52-47(70)23-39(28-67)74-57(52)53)24-48(60(3,76-56)46(40)20-36(34)26-65-49)75-59(72)54-30(2)8-12-37-19-35(25-61(37,54)73)33-7-5-6-31(18-33)27-66/h5-7,9,13,16,18,21-23,26,35,37,40-41,45-46,48-50,63-69,71,73H,4,8,10-12,14-15,17,19-20,24-25,27-29,62H2,1-3H3. The van der Waals surface area contributed by atoms with Gasteiger partial charge in [-0.3, -0.25) is 10.1 Å². The summed E-state index contributed by atoms with van der Waals surface area (Å²) in [5.74, 6) is -3.22. The molecule has 4 bridgehead atoms. The van der Waals surface area contributed by atoms with Gasteiger partial charge in [0, 0.05) is 54.1 Å². The molecular formula is C61H70N4O11. The molecule has 2 fully saturated rings. The van der Waals surface area contributed by atoms with Crippen molar-refractivity contribution in [1.29, 1.82) is 0 Å². The summed E-state index contributed by atoms with van der Waals surface area (Å²) in [6.45, 7) is 5.94. The van der Waals surface area contributed by atoms with Crippen molar-refractivity contribution in [1.82, 2.24) is 16.0 Å². The number of likely N-dealkylation sites (N-methyl/N-ethyl adjacent to an activating group) is 1. The lowest BCUT2D eigenvalue weighted by Crippen LogP contribution is -2.59. The van der Waals surface area contributed by atoms with E-state index in [4.69, 9.17) is 19.6 Å². The highest BCUT2D eigenvalue weighted by Crippen LogP contribution is 2.62. The number of nitrogens with one attached hydrogen (secondary N) is 3. The van der Waals surface area contributed by atoms with E-state index in [0.717, 1.165) is 58.0 Å². The number of carbonyl (C=O) groups excluding carboxylic acids is 1. The zero-order valence-corrected chi connectivity index (χ0v) is 43.5. The number of aryl methyl sites for hydroxylation is 1. The van der Waals surface area contributed by atoms with Gasteiger partial charge in [-0.25, -0.2) is 4.79 Å². The largest absolute Gasteiger partial charge is 0.508 e. The van der Waals surface area contributed by atoms with Gasteiger partial charge in [-0.05, 0) is 165 Å². The predicted octanol–water partition coefficient (Wildman–Crippen LogP) is 6.73. The van der Waals surface area contributed by atoms with Crippen LogP contribution in [-0.4, -0.2) is 79.8 Å². The fourth-order valence-corrected chi connectivity index (χ4v) is 15.5. The minimum absolute atomic E-state index is 0.0164. The van der Waals surface area contributed by atoms with Gasteiger partial charge in [-0.2, -0.15) is 0 Å². The van der Waals surface area contributed by atoms with Crippen molar-refractivity contribution in [3.63, 3.8) is 0 Å². The Morgan fingerprint density at radius 2 is 1.84 bits per heavy atom. The number of benzene rings is 3. The number of phenolic OH excluding ortho intramolecular Hbond substituents is 2. The molecule has 1 aromatic heterocycles. The first-order chi connectivity index (χ1) is 36.7. The molecule has 0 radical (unpaired) electrons. The highest BCUT2D eigenvalue weighted by molar-refractivity contribution is 5.94. The highest BCUT2D eigenvalue weighted by Gasteiger charge is 2.60. The van der Waals surface area contributed by atoms with Gasteiger partial charge >= 0.3 is 5.97 Å². The van der Waals surface area contributed by atoms with Crippen LogP contribution in [0.5, 0.6) is 17.2 Å². The van der Waals surface area contributed by atoms with Crippen LogP contribution in [0.3, 0.4) is 0 Å². The quantitative estimate of drug-likeness (QED) is 0.0822. The van der Waals surface area contributed by atoms with E-state index in [2.05, 4.69) is 41.2 Å². The van der Waals surface area contributed by atoms with Gasteiger partial charge in [0.05, 0.1) is 25.0 Å².